The van der Waals surface area contributed by atoms with E-state index >= 15 is 0 Å². The van der Waals surface area contributed by atoms with E-state index < -0.39 is 10.0 Å². The monoisotopic (exact) mass is 424 g/mol. The maximum Gasteiger partial charge on any atom is 0.243 e. The van der Waals surface area contributed by atoms with Gasteiger partial charge in [-0.2, -0.15) is 9.40 Å². The molecule has 156 valence electrons. The van der Waals surface area contributed by atoms with E-state index in [1.807, 2.05) is 36.7 Å². The number of fused-ring (bicyclic) bond motifs is 1. The molecule has 2 fully saturated rings. The van der Waals surface area contributed by atoms with E-state index in [4.69, 9.17) is 0 Å². The van der Waals surface area contributed by atoms with E-state index in [-0.39, 0.29) is 0 Å². The summed E-state index contributed by atoms with van der Waals surface area (Å²) in [5, 5.41) is 4.51. The van der Waals surface area contributed by atoms with Crippen molar-refractivity contribution in [1.82, 2.24) is 24.1 Å². The molecule has 4 heterocycles. The second kappa shape index (κ2) is 7.17. The molecule has 2 aromatic heterocycles. The average Bonchev–Trinajstić information content (AvgIpc) is 3.41. The van der Waals surface area contributed by atoms with Crippen LogP contribution in [-0.4, -0.2) is 58.7 Å². The van der Waals surface area contributed by atoms with Crippen LogP contribution in [-0.2, 0) is 10.0 Å². The lowest BCUT2D eigenvalue weighted by atomic mass is 10.0. The normalized spacial score (nSPS) is 21.9. The van der Waals surface area contributed by atoms with E-state index in [2.05, 4.69) is 20.0 Å². The minimum atomic E-state index is -3.43. The van der Waals surface area contributed by atoms with Crippen LogP contribution in [0.4, 0.5) is 5.82 Å². The van der Waals surface area contributed by atoms with Crippen LogP contribution in [0.15, 0.2) is 53.7 Å². The fourth-order valence-corrected chi connectivity index (χ4v) is 6.14. The van der Waals surface area contributed by atoms with Crippen LogP contribution >= 0.6 is 0 Å². The van der Waals surface area contributed by atoms with Crippen LogP contribution in [0.5, 0.6) is 0 Å². The third-order valence-electron chi connectivity index (χ3n) is 6.02. The summed E-state index contributed by atoms with van der Waals surface area (Å²) in [7, 11) is -3.43. The van der Waals surface area contributed by atoms with Crippen molar-refractivity contribution in [3.63, 3.8) is 0 Å². The van der Waals surface area contributed by atoms with Gasteiger partial charge in [-0.05, 0) is 43.9 Å². The average molecular weight is 425 g/mol. The van der Waals surface area contributed by atoms with Crippen molar-refractivity contribution in [1.29, 1.82) is 0 Å². The first-order chi connectivity index (χ1) is 14.4. The molecule has 2 unspecified atom stereocenters. The highest BCUT2D eigenvalue weighted by Crippen LogP contribution is 2.36. The molecule has 0 N–H and O–H groups in total. The molecule has 3 aromatic rings. The molecule has 0 bridgehead atoms. The maximum absolute atomic E-state index is 12.9. The van der Waals surface area contributed by atoms with Gasteiger partial charge in [0.05, 0.1) is 10.6 Å². The molecule has 5 rings (SSSR count). The number of aryl methyl sites for hydroxylation is 2. The molecular formula is C21H24N6O2S. The number of anilines is 1. The van der Waals surface area contributed by atoms with E-state index in [0.29, 0.717) is 29.8 Å². The summed E-state index contributed by atoms with van der Waals surface area (Å²) in [6.45, 7) is 6.64. The lowest BCUT2D eigenvalue weighted by Gasteiger charge is -2.22. The van der Waals surface area contributed by atoms with Gasteiger partial charge in [0, 0.05) is 37.9 Å². The molecule has 30 heavy (non-hydrogen) atoms. The molecule has 0 spiro atoms. The molecule has 0 aliphatic carbocycles. The Labute approximate surface area is 176 Å². The molecule has 2 atom stereocenters. The summed E-state index contributed by atoms with van der Waals surface area (Å²) in [6, 6.07) is 12.7. The van der Waals surface area contributed by atoms with Gasteiger partial charge in [0.25, 0.3) is 0 Å². The van der Waals surface area contributed by atoms with Crippen molar-refractivity contribution < 1.29 is 8.42 Å². The highest BCUT2D eigenvalue weighted by molar-refractivity contribution is 7.89. The number of nitrogens with zero attached hydrogens (tertiary/aromatic N) is 6. The molecule has 2 aliphatic rings. The Morgan fingerprint density at radius 1 is 0.900 bits per heavy atom. The van der Waals surface area contributed by atoms with Crippen molar-refractivity contribution in [2.24, 2.45) is 11.8 Å². The van der Waals surface area contributed by atoms with Crippen molar-refractivity contribution in [3.05, 3.63) is 60.2 Å². The van der Waals surface area contributed by atoms with Gasteiger partial charge in [-0.15, -0.1) is 0 Å². The lowest BCUT2D eigenvalue weighted by molar-refractivity contribution is 0.453. The number of aromatic nitrogens is 4. The van der Waals surface area contributed by atoms with Crippen LogP contribution < -0.4 is 4.90 Å². The predicted octanol–water partition coefficient (Wildman–Crippen LogP) is 2.04. The van der Waals surface area contributed by atoms with Gasteiger partial charge in [-0.3, -0.25) is 0 Å². The third kappa shape index (κ3) is 3.27. The van der Waals surface area contributed by atoms with Gasteiger partial charge in [0.15, 0.2) is 5.82 Å². The lowest BCUT2D eigenvalue weighted by Crippen LogP contribution is -2.33. The SMILES string of the molecule is Cc1cc(C)n(-c2cc(N3CC4CN(S(=O)(=O)c5ccccc5)CC4C3)ncn2)n1. The first-order valence-electron chi connectivity index (χ1n) is 10.1. The van der Waals surface area contributed by atoms with Gasteiger partial charge in [-0.1, -0.05) is 18.2 Å². The molecule has 0 amide bonds. The largest absolute Gasteiger partial charge is 0.356 e. The number of hydrogen-bond acceptors (Lipinski definition) is 6. The summed E-state index contributed by atoms with van der Waals surface area (Å²) in [5.41, 5.74) is 1.97. The Morgan fingerprint density at radius 2 is 1.57 bits per heavy atom. The summed E-state index contributed by atoms with van der Waals surface area (Å²) >= 11 is 0. The van der Waals surface area contributed by atoms with Crippen molar-refractivity contribution in [2.75, 3.05) is 31.1 Å². The Morgan fingerprint density at radius 3 is 2.20 bits per heavy atom. The topological polar surface area (TPSA) is 84.2 Å². The molecule has 0 radical (unpaired) electrons. The molecule has 0 saturated carbocycles. The summed E-state index contributed by atoms with van der Waals surface area (Å²) < 4.78 is 29.3. The molecule has 8 nitrogen and oxygen atoms in total. The van der Waals surface area contributed by atoms with Crippen LogP contribution in [0.2, 0.25) is 0 Å². The zero-order valence-corrected chi connectivity index (χ0v) is 17.8. The van der Waals surface area contributed by atoms with Crippen LogP contribution in [0.3, 0.4) is 0 Å². The Bertz CT molecular complexity index is 1160. The fraction of sp³-hybridized carbons (Fsp3) is 0.381. The summed E-state index contributed by atoms with van der Waals surface area (Å²) in [4.78, 5) is 11.5. The second-order valence-corrected chi connectivity index (χ2v) is 10.1. The molecular weight excluding hydrogens is 400 g/mol. The highest BCUT2D eigenvalue weighted by atomic mass is 32.2. The molecule has 2 aliphatic heterocycles. The highest BCUT2D eigenvalue weighted by Gasteiger charge is 2.44. The van der Waals surface area contributed by atoms with E-state index in [1.54, 1.807) is 34.9 Å². The number of hydrogen-bond donors (Lipinski definition) is 0. The summed E-state index contributed by atoms with van der Waals surface area (Å²) in [5.74, 6) is 2.21. The minimum Gasteiger partial charge on any atom is -0.356 e. The van der Waals surface area contributed by atoms with Gasteiger partial charge < -0.3 is 4.90 Å². The Hall–Kier alpha value is -2.78. The zero-order chi connectivity index (χ0) is 20.9. The minimum absolute atomic E-state index is 0.301. The molecule has 9 heteroatoms. The molecule has 1 aromatic carbocycles. The Kier molecular flexibility index (Phi) is 4.59. The predicted molar refractivity (Wildman–Crippen MR) is 113 cm³/mol. The van der Waals surface area contributed by atoms with E-state index in [9.17, 15) is 8.42 Å². The zero-order valence-electron chi connectivity index (χ0n) is 17.0. The number of sulfonamides is 1. The Balaban J connectivity index is 1.32. The van der Waals surface area contributed by atoms with Crippen molar-refractivity contribution >= 4 is 15.8 Å². The maximum atomic E-state index is 12.9. The first kappa shape index (κ1) is 19.2. The number of benzene rings is 1. The first-order valence-corrected chi connectivity index (χ1v) is 11.5. The quantitative estimate of drug-likeness (QED) is 0.637. The smallest absolute Gasteiger partial charge is 0.243 e. The van der Waals surface area contributed by atoms with Crippen LogP contribution in [0.1, 0.15) is 11.4 Å². The van der Waals surface area contributed by atoms with Gasteiger partial charge in [0.2, 0.25) is 10.0 Å². The number of rotatable bonds is 4. The van der Waals surface area contributed by atoms with Gasteiger partial charge in [-0.25, -0.2) is 23.1 Å². The van der Waals surface area contributed by atoms with Crippen LogP contribution in [0.25, 0.3) is 5.82 Å². The van der Waals surface area contributed by atoms with Crippen molar-refractivity contribution in [2.45, 2.75) is 18.7 Å². The van der Waals surface area contributed by atoms with Crippen molar-refractivity contribution in [3.8, 4) is 5.82 Å². The second-order valence-electron chi connectivity index (χ2n) is 8.13. The molecule has 2 saturated heterocycles. The van der Waals surface area contributed by atoms with Crippen LogP contribution in [0, 0.1) is 25.7 Å². The standard InChI is InChI=1S/C21H24N6O2S/c1-15-8-16(2)27(24-15)21-9-20(22-14-23-21)25-10-17-12-26(13-18(17)11-25)30(28,29)19-6-4-3-5-7-19/h3-9,14,17-18H,10-13H2,1-2H3. The van der Waals surface area contributed by atoms with E-state index in [0.717, 1.165) is 36.1 Å². The van der Waals surface area contributed by atoms with E-state index in [1.165, 1.54) is 0 Å². The summed E-state index contributed by atoms with van der Waals surface area (Å²) in [6.07, 6.45) is 1.57. The van der Waals surface area contributed by atoms with Gasteiger partial charge in [0.1, 0.15) is 12.1 Å². The fourth-order valence-electron chi connectivity index (χ4n) is 4.56. The van der Waals surface area contributed by atoms with Gasteiger partial charge >= 0.3 is 0 Å². The third-order valence-corrected chi connectivity index (χ3v) is 7.87.